The number of hydrogen-bond acceptors (Lipinski definition) is 3. The molecule has 0 saturated heterocycles. The molecule has 0 N–H and O–H groups in total. The number of carbonyl (C=O) groups excluding carboxylic acids is 1. The van der Waals surface area contributed by atoms with Crippen LogP contribution >= 0.6 is 0 Å². The summed E-state index contributed by atoms with van der Waals surface area (Å²) in [7, 11) is 1.73. The van der Waals surface area contributed by atoms with Crippen LogP contribution in [0.15, 0.2) is 70.1 Å². The summed E-state index contributed by atoms with van der Waals surface area (Å²) in [5.74, 6) is -1.00. The fourth-order valence-corrected chi connectivity index (χ4v) is 2.99. The Bertz CT molecular complexity index is 748. The van der Waals surface area contributed by atoms with Crippen LogP contribution in [0.2, 0.25) is 0 Å². The van der Waals surface area contributed by atoms with Crippen LogP contribution < -0.4 is 0 Å². The van der Waals surface area contributed by atoms with Gasteiger partial charge in [0.2, 0.25) is 0 Å². The first-order chi connectivity index (χ1) is 12.6. The summed E-state index contributed by atoms with van der Waals surface area (Å²) < 4.78 is 24.5. The summed E-state index contributed by atoms with van der Waals surface area (Å²) >= 11 is 0. The summed E-state index contributed by atoms with van der Waals surface area (Å²) in [5, 5.41) is 0. The van der Waals surface area contributed by atoms with Crippen molar-refractivity contribution in [1.82, 2.24) is 0 Å². The van der Waals surface area contributed by atoms with Crippen molar-refractivity contribution in [3.05, 3.63) is 70.1 Å². The van der Waals surface area contributed by atoms with E-state index in [4.69, 9.17) is 9.47 Å². The van der Waals surface area contributed by atoms with Crippen molar-refractivity contribution in [3.63, 3.8) is 0 Å². The lowest BCUT2D eigenvalue weighted by molar-refractivity contribution is -0.137. The third-order valence-electron chi connectivity index (χ3n) is 4.49. The lowest BCUT2D eigenvalue weighted by Gasteiger charge is -2.31. The molecule has 0 aromatic heterocycles. The average Bonchev–Trinajstić information content (AvgIpc) is 2.58. The number of allylic oxidation sites excluding steroid dienone is 9. The van der Waals surface area contributed by atoms with Crippen LogP contribution in [0.3, 0.4) is 0 Å². The Labute approximate surface area is 162 Å². The molecule has 0 heterocycles. The first-order valence-corrected chi connectivity index (χ1v) is 9.14. The monoisotopic (exact) mass is 374 g/mol. The van der Waals surface area contributed by atoms with Gasteiger partial charge in [-0.15, -0.1) is 0 Å². The van der Waals surface area contributed by atoms with Gasteiger partial charge < -0.3 is 9.47 Å². The van der Waals surface area contributed by atoms with Crippen LogP contribution in [0, 0.1) is 0 Å². The molecule has 4 heteroatoms. The minimum absolute atomic E-state index is 0.241. The summed E-state index contributed by atoms with van der Waals surface area (Å²) in [6, 6.07) is 0. The molecular weight excluding hydrogens is 343 g/mol. The first kappa shape index (κ1) is 22.8. The first-order valence-electron chi connectivity index (χ1n) is 9.14. The quantitative estimate of drug-likeness (QED) is 0.315. The van der Waals surface area contributed by atoms with Gasteiger partial charge in [-0.1, -0.05) is 29.4 Å². The van der Waals surface area contributed by atoms with Crippen LogP contribution in [0.1, 0.15) is 48.0 Å². The Morgan fingerprint density at radius 1 is 1.30 bits per heavy atom. The SMILES string of the molecule is CCOC(=O)C=C(C)C(F)=CC=C(C)C=CC1=C(C)CC(C)(OC)C=C1C. The molecular formula is C23H31FO3. The highest BCUT2D eigenvalue weighted by Crippen LogP contribution is 2.34. The lowest BCUT2D eigenvalue weighted by Crippen LogP contribution is -2.28. The zero-order valence-electron chi connectivity index (χ0n) is 17.5. The second kappa shape index (κ2) is 10.2. The average molecular weight is 374 g/mol. The van der Waals surface area contributed by atoms with Crippen molar-refractivity contribution < 1.29 is 18.7 Å². The van der Waals surface area contributed by atoms with E-state index in [-0.39, 0.29) is 17.8 Å². The van der Waals surface area contributed by atoms with Gasteiger partial charge in [0.05, 0.1) is 12.2 Å². The molecule has 1 rings (SSSR count). The van der Waals surface area contributed by atoms with E-state index in [9.17, 15) is 9.18 Å². The number of ether oxygens (including phenoxy) is 2. The van der Waals surface area contributed by atoms with E-state index in [0.717, 1.165) is 18.1 Å². The van der Waals surface area contributed by atoms with Crippen molar-refractivity contribution in [2.45, 2.75) is 53.6 Å². The van der Waals surface area contributed by atoms with Crippen molar-refractivity contribution >= 4 is 5.97 Å². The Balaban J connectivity index is 2.89. The molecule has 0 aliphatic heterocycles. The standard InChI is InChI=1S/C23H31FO3/c1-8-27-22(25)13-17(3)21(24)12-10-16(2)9-11-20-18(4)14-23(6,26-7)15-19(20)5/h9-14H,8,15H2,1-7H3. The van der Waals surface area contributed by atoms with Crippen molar-refractivity contribution in [3.8, 4) is 0 Å². The Kier molecular flexibility index (Phi) is 8.64. The molecule has 0 radical (unpaired) electrons. The Morgan fingerprint density at radius 3 is 2.52 bits per heavy atom. The fourth-order valence-electron chi connectivity index (χ4n) is 2.99. The normalized spacial score (nSPS) is 22.4. The highest BCUT2D eigenvalue weighted by atomic mass is 19.1. The fraction of sp³-hybridized carbons (Fsp3) is 0.435. The highest BCUT2D eigenvalue weighted by Gasteiger charge is 2.26. The van der Waals surface area contributed by atoms with E-state index in [1.165, 1.54) is 22.8 Å². The number of carbonyl (C=O) groups is 1. The maximum absolute atomic E-state index is 14.1. The van der Waals surface area contributed by atoms with Crippen molar-refractivity contribution in [2.75, 3.05) is 13.7 Å². The van der Waals surface area contributed by atoms with Crippen LogP contribution in [-0.4, -0.2) is 25.3 Å². The topological polar surface area (TPSA) is 35.5 Å². The second-order valence-electron chi connectivity index (χ2n) is 7.05. The van der Waals surface area contributed by atoms with Gasteiger partial charge in [-0.25, -0.2) is 9.18 Å². The molecule has 0 aromatic carbocycles. The van der Waals surface area contributed by atoms with Gasteiger partial charge >= 0.3 is 5.97 Å². The Morgan fingerprint density at radius 2 is 1.96 bits per heavy atom. The van der Waals surface area contributed by atoms with E-state index >= 15 is 0 Å². The van der Waals surface area contributed by atoms with Crippen molar-refractivity contribution in [2.24, 2.45) is 0 Å². The molecule has 0 bridgehead atoms. The molecule has 0 amide bonds. The van der Waals surface area contributed by atoms with E-state index in [2.05, 4.69) is 32.9 Å². The number of rotatable bonds is 7. The molecule has 148 valence electrons. The molecule has 1 aliphatic rings. The molecule has 0 spiro atoms. The van der Waals surface area contributed by atoms with Crippen LogP contribution in [-0.2, 0) is 14.3 Å². The molecule has 1 unspecified atom stereocenters. The summed E-state index contributed by atoms with van der Waals surface area (Å²) in [6.45, 7) is 11.7. The van der Waals surface area contributed by atoms with E-state index in [1.807, 2.05) is 13.0 Å². The summed E-state index contributed by atoms with van der Waals surface area (Å²) in [6.07, 6.45) is 11.2. The molecule has 1 aliphatic carbocycles. The molecule has 3 nitrogen and oxygen atoms in total. The van der Waals surface area contributed by atoms with Gasteiger partial charge in [0.1, 0.15) is 5.83 Å². The smallest absolute Gasteiger partial charge is 0.331 e. The zero-order valence-corrected chi connectivity index (χ0v) is 17.5. The third-order valence-corrected chi connectivity index (χ3v) is 4.49. The van der Waals surface area contributed by atoms with Crippen LogP contribution in [0.5, 0.6) is 0 Å². The minimum Gasteiger partial charge on any atom is -0.463 e. The zero-order chi connectivity index (χ0) is 20.6. The lowest BCUT2D eigenvalue weighted by atomic mass is 9.83. The van der Waals surface area contributed by atoms with Gasteiger partial charge in [0.15, 0.2) is 0 Å². The van der Waals surface area contributed by atoms with Crippen molar-refractivity contribution in [1.29, 1.82) is 0 Å². The number of methoxy groups -OCH3 is 1. The molecule has 1 atom stereocenters. The van der Waals surface area contributed by atoms with E-state index in [1.54, 1.807) is 27.0 Å². The number of hydrogen-bond donors (Lipinski definition) is 0. The van der Waals surface area contributed by atoms with E-state index < -0.39 is 11.8 Å². The van der Waals surface area contributed by atoms with Gasteiger partial charge in [0, 0.05) is 19.6 Å². The maximum atomic E-state index is 14.1. The number of esters is 1. The van der Waals surface area contributed by atoms with Gasteiger partial charge in [-0.05, 0) is 70.4 Å². The molecule has 0 aromatic rings. The van der Waals surface area contributed by atoms with Gasteiger partial charge in [0.25, 0.3) is 0 Å². The summed E-state index contributed by atoms with van der Waals surface area (Å²) in [5.41, 5.74) is 4.50. The van der Waals surface area contributed by atoms with Gasteiger partial charge in [-0.3, -0.25) is 0 Å². The summed E-state index contributed by atoms with van der Waals surface area (Å²) in [4.78, 5) is 11.4. The number of halogens is 1. The third kappa shape index (κ3) is 7.14. The largest absolute Gasteiger partial charge is 0.463 e. The minimum atomic E-state index is -0.538. The molecule has 0 fully saturated rings. The predicted octanol–water partition coefficient (Wildman–Crippen LogP) is 5.92. The molecule has 27 heavy (non-hydrogen) atoms. The second-order valence-corrected chi connectivity index (χ2v) is 7.05. The van der Waals surface area contributed by atoms with Crippen LogP contribution in [0.25, 0.3) is 0 Å². The molecule has 0 saturated carbocycles. The predicted molar refractivity (Wildman–Crippen MR) is 109 cm³/mol. The van der Waals surface area contributed by atoms with Crippen LogP contribution in [0.4, 0.5) is 4.39 Å². The highest BCUT2D eigenvalue weighted by molar-refractivity contribution is 5.83. The van der Waals surface area contributed by atoms with E-state index in [0.29, 0.717) is 0 Å². The van der Waals surface area contributed by atoms with Gasteiger partial charge in [-0.2, -0.15) is 0 Å². The maximum Gasteiger partial charge on any atom is 0.331 e. The Hall–Kier alpha value is -2.20.